The van der Waals surface area contributed by atoms with Crippen LogP contribution in [0, 0.1) is 0 Å². The molecule has 0 radical (unpaired) electrons. The average Bonchev–Trinajstić information content (AvgIpc) is 2.86. The lowest BCUT2D eigenvalue weighted by atomic mass is 9.95. The van der Waals surface area contributed by atoms with Crippen LogP contribution in [0.2, 0.25) is 0 Å². The van der Waals surface area contributed by atoms with E-state index >= 15 is 0 Å². The minimum Gasteiger partial charge on any atom is -0.273 e. The number of carbonyl (C=O) groups is 2. The molecule has 2 aliphatic rings. The van der Waals surface area contributed by atoms with E-state index in [1.165, 1.54) is 0 Å². The van der Waals surface area contributed by atoms with Gasteiger partial charge in [-0.15, -0.1) is 0 Å². The number of fused-ring (bicyclic) bond motifs is 1. The predicted octanol–water partition coefficient (Wildman–Crippen LogP) is 2.27. The first-order valence-electron chi connectivity index (χ1n) is 8.90. The number of amides is 2. The molecule has 1 aliphatic heterocycles. The van der Waals surface area contributed by atoms with Gasteiger partial charge in [-0.2, -0.15) is 4.31 Å². The minimum absolute atomic E-state index is 0.0472. The van der Waals surface area contributed by atoms with Crippen LogP contribution in [-0.2, 0) is 10.0 Å². The van der Waals surface area contributed by atoms with E-state index in [2.05, 4.69) is 0 Å². The summed E-state index contributed by atoms with van der Waals surface area (Å²) in [5.74, 6) is -1.03. The number of sulfonamides is 1. The maximum absolute atomic E-state index is 12.8. The van der Waals surface area contributed by atoms with Gasteiger partial charge in [-0.25, -0.2) is 8.42 Å². The van der Waals surface area contributed by atoms with Crippen LogP contribution in [0.1, 0.15) is 59.7 Å². The zero-order chi connectivity index (χ0) is 18.0. The lowest BCUT2D eigenvalue weighted by molar-refractivity contribution is 0.0663. The van der Waals surface area contributed by atoms with E-state index < -0.39 is 21.8 Å². The van der Waals surface area contributed by atoms with Crippen LogP contribution in [0.3, 0.4) is 0 Å². The fraction of sp³-hybridized carbons (Fsp3) is 0.556. The molecule has 136 valence electrons. The van der Waals surface area contributed by atoms with Crippen LogP contribution in [0.4, 0.5) is 0 Å². The Morgan fingerprint density at radius 3 is 2.12 bits per heavy atom. The molecule has 1 heterocycles. The number of carbonyl (C=O) groups excluding carboxylic acids is 2. The van der Waals surface area contributed by atoms with Crippen molar-refractivity contribution in [3.05, 3.63) is 35.4 Å². The number of hydrogen-bond donors (Lipinski definition) is 0. The third kappa shape index (κ3) is 3.48. The van der Waals surface area contributed by atoms with Gasteiger partial charge < -0.3 is 0 Å². The highest BCUT2D eigenvalue weighted by Gasteiger charge is 2.37. The number of benzene rings is 1. The average molecular weight is 364 g/mol. The predicted molar refractivity (Wildman–Crippen MR) is 94.8 cm³/mol. The van der Waals surface area contributed by atoms with Gasteiger partial charge >= 0.3 is 0 Å². The SMILES string of the molecule is CCN(C1CCCCC1)S(=O)(=O)CCN1C(=O)c2ccccc2C1=O. The van der Waals surface area contributed by atoms with Gasteiger partial charge in [0.05, 0.1) is 16.9 Å². The zero-order valence-electron chi connectivity index (χ0n) is 14.5. The summed E-state index contributed by atoms with van der Waals surface area (Å²) in [4.78, 5) is 25.8. The summed E-state index contributed by atoms with van der Waals surface area (Å²) in [7, 11) is -3.51. The third-order valence-corrected chi connectivity index (χ3v) is 7.07. The Labute approximate surface area is 148 Å². The molecule has 25 heavy (non-hydrogen) atoms. The van der Waals surface area contributed by atoms with E-state index in [9.17, 15) is 18.0 Å². The highest BCUT2D eigenvalue weighted by molar-refractivity contribution is 7.89. The second-order valence-electron chi connectivity index (χ2n) is 6.62. The zero-order valence-corrected chi connectivity index (χ0v) is 15.3. The molecule has 0 aromatic heterocycles. The smallest absolute Gasteiger partial charge is 0.261 e. The first-order valence-corrected chi connectivity index (χ1v) is 10.5. The van der Waals surface area contributed by atoms with Crippen molar-refractivity contribution in [3.63, 3.8) is 0 Å². The van der Waals surface area contributed by atoms with Crippen LogP contribution >= 0.6 is 0 Å². The van der Waals surface area contributed by atoms with Crippen molar-refractivity contribution in [1.82, 2.24) is 9.21 Å². The number of hydrogen-bond acceptors (Lipinski definition) is 4. The van der Waals surface area contributed by atoms with Gasteiger partial charge in [-0.05, 0) is 25.0 Å². The Morgan fingerprint density at radius 2 is 1.60 bits per heavy atom. The number of imide groups is 1. The quantitative estimate of drug-likeness (QED) is 0.726. The molecule has 0 atom stereocenters. The van der Waals surface area contributed by atoms with Crippen molar-refractivity contribution in [2.24, 2.45) is 0 Å². The third-order valence-electron chi connectivity index (χ3n) is 5.10. The fourth-order valence-corrected chi connectivity index (χ4v) is 5.52. The van der Waals surface area contributed by atoms with Gasteiger partial charge in [0.2, 0.25) is 10.0 Å². The first-order chi connectivity index (χ1) is 12.0. The van der Waals surface area contributed by atoms with Gasteiger partial charge in [0.1, 0.15) is 0 Å². The summed E-state index contributed by atoms with van der Waals surface area (Å²) in [5, 5.41) is 0. The van der Waals surface area contributed by atoms with Crippen LogP contribution < -0.4 is 0 Å². The summed E-state index contributed by atoms with van der Waals surface area (Å²) in [6.07, 6.45) is 5.04. The molecule has 1 aromatic carbocycles. The van der Waals surface area contributed by atoms with E-state index in [1.54, 1.807) is 28.6 Å². The molecule has 6 nitrogen and oxygen atoms in total. The second-order valence-corrected chi connectivity index (χ2v) is 8.66. The van der Waals surface area contributed by atoms with Crippen LogP contribution in [0.15, 0.2) is 24.3 Å². The molecule has 1 fully saturated rings. The summed E-state index contributed by atoms with van der Waals surface area (Å²) >= 11 is 0. The Balaban J connectivity index is 1.70. The molecule has 2 amide bonds. The maximum atomic E-state index is 12.8. The summed E-state index contributed by atoms with van der Waals surface area (Å²) in [5.41, 5.74) is 0.703. The van der Waals surface area contributed by atoms with Crippen LogP contribution in [0.25, 0.3) is 0 Å². The molecule has 1 aliphatic carbocycles. The van der Waals surface area contributed by atoms with Crippen molar-refractivity contribution in [3.8, 4) is 0 Å². The van der Waals surface area contributed by atoms with E-state index in [4.69, 9.17) is 0 Å². The fourth-order valence-electron chi connectivity index (χ4n) is 3.82. The van der Waals surface area contributed by atoms with Gasteiger partial charge in [-0.1, -0.05) is 38.3 Å². The molecule has 0 N–H and O–H groups in total. The molecule has 0 unspecified atom stereocenters. The lowest BCUT2D eigenvalue weighted by Crippen LogP contribution is -2.45. The highest BCUT2D eigenvalue weighted by atomic mass is 32.2. The van der Waals surface area contributed by atoms with Gasteiger partial charge in [0, 0.05) is 19.1 Å². The van der Waals surface area contributed by atoms with Crippen molar-refractivity contribution >= 4 is 21.8 Å². The normalized spacial score (nSPS) is 18.9. The minimum atomic E-state index is -3.51. The van der Waals surface area contributed by atoms with E-state index in [0.29, 0.717) is 17.7 Å². The Morgan fingerprint density at radius 1 is 1.04 bits per heavy atom. The van der Waals surface area contributed by atoms with Crippen LogP contribution in [0.5, 0.6) is 0 Å². The van der Waals surface area contributed by atoms with Crippen molar-refractivity contribution in [2.45, 2.75) is 45.1 Å². The standard InChI is InChI=1S/C18H24N2O4S/c1-2-20(14-8-4-3-5-9-14)25(23,24)13-12-19-17(21)15-10-6-7-11-16(15)18(19)22/h6-7,10-11,14H,2-5,8-9,12-13H2,1H3. The van der Waals surface area contributed by atoms with Gasteiger partial charge in [0.25, 0.3) is 11.8 Å². The van der Waals surface area contributed by atoms with E-state index in [1.807, 2.05) is 6.92 Å². The van der Waals surface area contributed by atoms with E-state index in [0.717, 1.165) is 37.0 Å². The molecule has 3 rings (SSSR count). The van der Waals surface area contributed by atoms with Gasteiger partial charge in [-0.3, -0.25) is 14.5 Å². The van der Waals surface area contributed by atoms with Crippen molar-refractivity contribution in [1.29, 1.82) is 0 Å². The Bertz CT molecular complexity index is 734. The van der Waals surface area contributed by atoms with Crippen molar-refractivity contribution in [2.75, 3.05) is 18.8 Å². The molecule has 1 aromatic rings. The monoisotopic (exact) mass is 364 g/mol. The molecular formula is C18H24N2O4S. The van der Waals surface area contributed by atoms with Crippen LogP contribution in [-0.4, -0.2) is 54.3 Å². The molecule has 0 bridgehead atoms. The molecule has 7 heteroatoms. The molecule has 0 spiro atoms. The lowest BCUT2D eigenvalue weighted by Gasteiger charge is -2.33. The van der Waals surface area contributed by atoms with E-state index in [-0.39, 0.29) is 18.3 Å². The molecular weight excluding hydrogens is 340 g/mol. The number of rotatable bonds is 6. The summed E-state index contributed by atoms with van der Waals surface area (Å²) in [6.45, 7) is 2.17. The maximum Gasteiger partial charge on any atom is 0.261 e. The Hall–Kier alpha value is -1.73. The first kappa shape index (κ1) is 18.1. The molecule has 1 saturated carbocycles. The second kappa shape index (κ2) is 7.25. The topological polar surface area (TPSA) is 74.8 Å². The summed E-state index contributed by atoms with van der Waals surface area (Å²) < 4.78 is 27.1. The highest BCUT2D eigenvalue weighted by Crippen LogP contribution is 2.26. The largest absolute Gasteiger partial charge is 0.273 e. The van der Waals surface area contributed by atoms with Gasteiger partial charge in [0.15, 0.2) is 0 Å². The Kier molecular flexibility index (Phi) is 5.24. The molecule has 0 saturated heterocycles. The number of nitrogens with zero attached hydrogens (tertiary/aromatic N) is 2. The summed E-state index contributed by atoms with van der Waals surface area (Å²) in [6, 6.07) is 6.65. The van der Waals surface area contributed by atoms with Crippen molar-refractivity contribution < 1.29 is 18.0 Å².